The van der Waals surface area contributed by atoms with Crippen LogP contribution in [0.5, 0.6) is 0 Å². The zero-order chi connectivity index (χ0) is 10.2. The van der Waals surface area contributed by atoms with Gasteiger partial charge in [0.15, 0.2) is 0 Å². The van der Waals surface area contributed by atoms with Crippen molar-refractivity contribution in [2.75, 3.05) is 33.3 Å². The van der Waals surface area contributed by atoms with Gasteiger partial charge in [0.1, 0.15) is 0 Å². The van der Waals surface area contributed by atoms with E-state index in [9.17, 15) is 5.11 Å². The fourth-order valence-corrected chi connectivity index (χ4v) is 2.20. The molecule has 0 bridgehead atoms. The van der Waals surface area contributed by atoms with Gasteiger partial charge in [-0.25, -0.2) is 0 Å². The average molecular weight is 200 g/mol. The van der Waals surface area contributed by atoms with Crippen molar-refractivity contribution in [1.82, 2.24) is 10.2 Å². The summed E-state index contributed by atoms with van der Waals surface area (Å²) in [6.45, 7) is 3.72. The van der Waals surface area contributed by atoms with Crippen molar-refractivity contribution in [3.05, 3.63) is 0 Å². The van der Waals surface area contributed by atoms with E-state index in [-0.39, 0.29) is 0 Å². The van der Waals surface area contributed by atoms with Crippen molar-refractivity contribution >= 4 is 0 Å². The first kappa shape index (κ1) is 12.0. The number of aliphatic hydroxyl groups is 1. The molecule has 1 unspecified atom stereocenters. The molecule has 1 fully saturated rings. The molecule has 0 aromatic heterocycles. The van der Waals surface area contributed by atoms with Crippen molar-refractivity contribution in [1.29, 1.82) is 0 Å². The highest BCUT2D eigenvalue weighted by Gasteiger charge is 2.19. The van der Waals surface area contributed by atoms with Crippen molar-refractivity contribution in [3.8, 4) is 0 Å². The van der Waals surface area contributed by atoms with Crippen LogP contribution in [0, 0.1) is 0 Å². The molecule has 2 N–H and O–H groups in total. The minimum atomic E-state index is 0.333. The van der Waals surface area contributed by atoms with Gasteiger partial charge in [-0.15, -0.1) is 0 Å². The summed E-state index contributed by atoms with van der Waals surface area (Å²) in [5.41, 5.74) is 0. The number of aliphatic hydroxyl groups excluding tert-OH is 1. The standard InChI is InChI=1S/C11H24N2O/c1-12-7-5-9-13-8-4-2-3-6-11(13)10-14/h11-12,14H,2-10H2,1H3. The lowest BCUT2D eigenvalue weighted by Crippen LogP contribution is -2.38. The molecular formula is C11H24N2O. The Morgan fingerprint density at radius 1 is 1.36 bits per heavy atom. The quantitative estimate of drug-likeness (QED) is 0.645. The number of rotatable bonds is 5. The van der Waals surface area contributed by atoms with Crippen LogP contribution in [0.1, 0.15) is 32.1 Å². The lowest BCUT2D eigenvalue weighted by Gasteiger charge is -2.28. The summed E-state index contributed by atoms with van der Waals surface area (Å²) in [7, 11) is 1.99. The van der Waals surface area contributed by atoms with Crippen molar-refractivity contribution in [2.45, 2.75) is 38.1 Å². The van der Waals surface area contributed by atoms with Crippen LogP contribution in [0.4, 0.5) is 0 Å². The first-order chi connectivity index (χ1) is 6.88. The molecule has 1 aliphatic rings. The first-order valence-electron chi connectivity index (χ1n) is 5.88. The molecule has 0 saturated carbocycles. The Bertz CT molecular complexity index is 141. The Labute approximate surface area is 87.5 Å². The van der Waals surface area contributed by atoms with E-state index in [0.29, 0.717) is 12.6 Å². The molecule has 1 aliphatic heterocycles. The monoisotopic (exact) mass is 200 g/mol. The summed E-state index contributed by atoms with van der Waals surface area (Å²) in [6.07, 6.45) is 6.28. The molecule has 3 nitrogen and oxygen atoms in total. The largest absolute Gasteiger partial charge is 0.395 e. The molecule has 0 radical (unpaired) electrons. The van der Waals surface area contributed by atoms with Gasteiger partial charge in [-0.2, -0.15) is 0 Å². The highest BCUT2D eigenvalue weighted by atomic mass is 16.3. The van der Waals surface area contributed by atoms with Crippen LogP contribution in [-0.4, -0.2) is 49.3 Å². The molecule has 14 heavy (non-hydrogen) atoms. The van der Waals surface area contributed by atoms with Gasteiger partial charge in [0, 0.05) is 6.04 Å². The van der Waals surface area contributed by atoms with Crippen LogP contribution >= 0.6 is 0 Å². The molecular weight excluding hydrogens is 176 g/mol. The summed E-state index contributed by atoms with van der Waals surface area (Å²) in [5.74, 6) is 0. The summed E-state index contributed by atoms with van der Waals surface area (Å²) in [6, 6.07) is 0.425. The number of likely N-dealkylation sites (tertiary alicyclic amines) is 1. The van der Waals surface area contributed by atoms with Crippen LogP contribution in [0.3, 0.4) is 0 Å². The zero-order valence-electron chi connectivity index (χ0n) is 9.34. The van der Waals surface area contributed by atoms with E-state index in [0.717, 1.165) is 13.1 Å². The van der Waals surface area contributed by atoms with Crippen LogP contribution in [0.25, 0.3) is 0 Å². The maximum Gasteiger partial charge on any atom is 0.0586 e. The minimum absolute atomic E-state index is 0.333. The molecule has 1 atom stereocenters. The molecule has 0 spiro atoms. The predicted molar refractivity (Wildman–Crippen MR) is 59.5 cm³/mol. The fourth-order valence-electron chi connectivity index (χ4n) is 2.20. The molecule has 0 amide bonds. The molecule has 84 valence electrons. The zero-order valence-corrected chi connectivity index (χ0v) is 9.34. The molecule has 1 heterocycles. The van der Waals surface area contributed by atoms with E-state index < -0.39 is 0 Å². The van der Waals surface area contributed by atoms with Crippen molar-refractivity contribution < 1.29 is 5.11 Å². The second kappa shape index (κ2) is 7.21. The highest BCUT2D eigenvalue weighted by Crippen LogP contribution is 2.16. The Kier molecular flexibility index (Phi) is 6.15. The molecule has 0 aliphatic carbocycles. The van der Waals surface area contributed by atoms with Gasteiger partial charge in [-0.05, 0) is 45.9 Å². The van der Waals surface area contributed by atoms with Gasteiger partial charge in [-0.1, -0.05) is 12.8 Å². The van der Waals surface area contributed by atoms with E-state index in [4.69, 9.17) is 0 Å². The van der Waals surface area contributed by atoms with Gasteiger partial charge < -0.3 is 10.4 Å². The third-order valence-electron chi connectivity index (χ3n) is 3.08. The van der Waals surface area contributed by atoms with Gasteiger partial charge in [-0.3, -0.25) is 4.90 Å². The lowest BCUT2D eigenvalue weighted by atomic mass is 10.1. The van der Waals surface area contributed by atoms with E-state index in [1.807, 2.05) is 7.05 Å². The SMILES string of the molecule is CNCCCN1CCCCCC1CO. The highest BCUT2D eigenvalue weighted by molar-refractivity contribution is 4.74. The van der Waals surface area contributed by atoms with Gasteiger partial charge in [0.05, 0.1) is 6.61 Å². The van der Waals surface area contributed by atoms with Gasteiger partial charge in [0.25, 0.3) is 0 Å². The number of hydrogen-bond acceptors (Lipinski definition) is 3. The van der Waals surface area contributed by atoms with E-state index >= 15 is 0 Å². The Morgan fingerprint density at radius 2 is 2.21 bits per heavy atom. The molecule has 3 heteroatoms. The van der Waals surface area contributed by atoms with Crippen LogP contribution < -0.4 is 5.32 Å². The number of nitrogens with zero attached hydrogens (tertiary/aromatic N) is 1. The molecule has 0 aromatic rings. The van der Waals surface area contributed by atoms with Crippen molar-refractivity contribution in [3.63, 3.8) is 0 Å². The van der Waals surface area contributed by atoms with Gasteiger partial charge in [0.2, 0.25) is 0 Å². The van der Waals surface area contributed by atoms with Crippen LogP contribution in [-0.2, 0) is 0 Å². The van der Waals surface area contributed by atoms with Crippen LogP contribution in [0.15, 0.2) is 0 Å². The molecule has 1 rings (SSSR count). The van der Waals surface area contributed by atoms with E-state index in [2.05, 4.69) is 10.2 Å². The minimum Gasteiger partial charge on any atom is -0.395 e. The summed E-state index contributed by atoms with van der Waals surface area (Å²) >= 11 is 0. The Hall–Kier alpha value is -0.120. The summed E-state index contributed by atoms with van der Waals surface area (Å²) in [4.78, 5) is 2.46. The Morgan fingerprint density at radius 3 is 2.93 bits per heavy atom. The van der Waals surface area contributed by atoms with E-state index in [1.54, 1.807) is 0 Å². The van der Waals surface area contributed by atoms with Gasteiger partial charge >= 0.3 is 0 Å². The topological polar surface area (TPSA) is 35.5 Å². The summed E-state index contributed by atoms with van der Waals surface area (Å²) < 4.78 is 0. The first-order valence-corrected chi connectivity index (χ1v) is 5.88. The third kappa shape index (κ3) is 3.95. The summed E-state index contributed by atoms with van der Waals surface area (Å²) in [5, 5.41) is 12.5. The Balaban J connectivity index is 2.28. The normalized spacial score (nSPS) is 24.9. The third-order valence-corrected chi connectivity index (χ3v) is 3.08. The maximum absolute atomic E-state index is 9.29. The van der Waals surface area contributed by atoms with Crippen LogP contribution in [0.2, 0.25) is 0 Å². The van der Waals surface area contributed by atoms with E-state index in [1.165, 1.54) is 38.6 Å². The number of nitrogens with one attached hydrogen (secondary N) is 1. The second-order valence-corrected chi connectivity index (χ2v) is 4.18. The maximum atomic E-state index is 9.29. The average Bonchev–Trinajstić information content (AvgIpc) is 2.43. The second-order valence-electron chi connectivity index (χ2n) is 4.18. The molecule has 0 aromatic carbocycles. The molecule has 1 saturated heterocycles. The fraction of sp³-hybridized carbons (Fsp3) is 1.00. The lowest BCUT2D eigenvalue weighted by molar-refractivity contribution is 0.123. The number of hydrogen-bond donors (Lipinski definition) is 2. The smallest absolute Gasteiger partial charge is 0.0586 e. The predicted octanol–water partition coefficient (Wildman–Crippen LogP) is 0.833. The van der Waals surface area contributed by atoms with Crippen molar-refractivity contribution in [2.24, 2.45) is 0 Å².